The lowest BCUT2D eigenvalue weighted by Crippen LogP contribution is -2.49. The maximum absolute atomic E-state index is 13.1. The summed E-state index contributed by atoms with van der Waals surface area (Å²) in [5.74, 6) is -10.3. The minimum Gasteiger partial charge on any atom is -0.477 e. The van der Waals surface area contributed by atoms with Crippen LogP contribution in [0, 0.1) is 10.7 Å². The van der Waals surface area contributed by atoms with Gasteiger partial charge >= 0.3 is 24.0 Å². The first kappa shape index (κ1) is 19.1. The van der Waals surface area contributed by atoms with E-state index in [9.17, 15) is 27.2 Å². The standard InChI is InChI=1S/C10H3F4I3O4/c11-9(12,8(19)20)10(13,14)21-7(18)4-1-3(15)2-5(16)6(4)17/h1-2H,(H,19,20). The smallest absolute Gasteiger partial charge is 0.477 e. The van der Waals surface area contributed by atoms with E-state index < -0.39 is 24.0 Å². The van der Waals surface area contributed by atoms with Crippen molar-refractivity contribution in [2.24, 2.45) is 0 Å². The molecule has 0 bridgehead atoms. The number of aliphatic carboxylic acids is 1. The zero-order valence-corrected chi connectivity index (χ0v) is 15.9. The van der Waals surface area contributed by atoms with E-state index in [1.54, 1.807) is 51.2 Å². The Kier molecular flexibility index (Phi) is 6.08. The molecule has 0 saturated carbocycles. The highest BCUT2D eigenvalue weighted by Crippen LogP contribution is 2.36. The van der Waals surface area contributed by atoms with Gasteiger partial charge in [-0.15, -0.1) is 0 Å². The largest absolute Gasteiger partial charge is 0.478 e. The average molecular weight is 644 g/mol. The van der Waals surface area contributed by atoms with E-state index in [0.29, 0.717) is 7.14 Å². The van der Waals surface area contributed by atoms with Gasteiger partial charge in [-0.25, -0.2) is 9.59 Å². The maximum atomic E-state index is 13.1. The van der Waals surface area contributed by atoms with Crippen LogP contribution in [0.1, 0.15) is 10.4 Å². The minimum absolute atomic E-state index is 0.230. The molecule has 1 rings (SSSR count). The van der Waals surface area contributed by atoms with Gasteiger partial charge in [0.15, 0.2) is 0 Å². The third-order valence-electron chi connectivity index (χ3n) is 2.07. The maximum Gasteiger partial charge on any atom is 0.478 e. The Labute approximate surface area is 156 Å². The van der Waals surface area contributed by atoms with Gasteiger partial charge in [0.1, 0.15) is 0 Å². The van der Waals surface area contributed by atoms with Crippen LogP contribution >= 0.6 is 67.8 Å². The fraction of sp³-hybridized carbons (Fsp3) is 0.200. The number of hydrogen-bond donors (Lipinski definition) is 1. The molecule has 1 aromatic rings. The van der Waals surface area contributed by atoms with Gasteiger partial charge in [0.25, 0.3) is 0 Å². The highest BCUT2D eigenvalue weighted by molar-refractivity contribution is 14.1. The molecule has 0 aromatic heterocycles. The zero-order valence-electron chi connectivity index (χ0n) is 9.47. The van der Waals surface area contributed by atoms with Crippen LogP contribution in [0.5, 0.6) is 0 Å². The van der Waals surface area contributed by atoms with E-state index in [0.717, 1.165) is 0 Å². The number of carboxylic acids is 1. The number of benzene rings is 1. The van der Waals surface area contributed by atoms with E-state index in [4.69, 9.17) is 5.11 Å². The van der Waals surface area contributed by atoms with Crippen molar-refractivity contribution < 1.29 is 37.0 Å². The topological polar surface area (TPSA) is 63.6 Å². The summed E-state index contributed by atoms with van der Waals surface area (Å²) in [6.45, 7) is 0. The lowest BCUT2D eigenvalue weighted by Gasteiger charge is -2.22. The number of alkyl halides is 4. The third kappa shape index (κ3) is 4.08. The van der Waals surface area contributed by atoms with Crippen LogP contribution in [0.4, 0.5) is 17.6 Å². The third-order valence-corrected chi connectivity index (χ3v) is 5.74. The van der Waals surface area contributed by atoms with Gasteiger partial charge in [0, 0.05) is 10.7 Å². The first-order valence-electron chi connectivity index (χ1n) is 4.77. The summed E-state index contributed by atoms with van der Waals surface area (Å²) < 4.78 is 56.6. The van der Waals surface area contributed by atoms with E-state index in [1.807, 2.05) is 22.6 Å². The Hall–Kier alpha value is 0.0700. The fourth-order valence-corrected chi connectivity index (χ4v) is 3.44. The SMILES string of the molecule is O=C(OC(F)(F)C(F)(F)C(=O)O)c1cc(I)cc(I)c1I. The number of ether oxygens (including phenoxy) is 1. The van der Waals surface area contributed by atoms with Gasteiger partial charge in [-0.2, -0.15) is 17.6 Å². The summed E-state index contributed by atoms with van der Waals surface area (Å²) in [6.07, 6.45) is -5.47. The zero-order chi connectivity index (χ0) is 16.6. The number of carbonyl (C=O) groups is 2. The molecule has 0 amide bonds. The Morgan fingerprint density at radius 2 is 1.62 bits per heavy atom. The van der Waals surface area contributed by atoms with Gasteiger partial charge in [-0.05, 0) is 79.9 Å². The Morgan fingerprint density at radius 1 is 1.10 bits per heavy atom. The van der Waals surface area contributed by atoms with Crippen molar-refractivity contribution in [3.05, 3.63) is 28.4 Å². The van der Waals surface area contributed by atoms with Crippen LogP contribution in [-0.2, 0) is 9.53 Å². The number of carboxylic acid groups (broad SMARTS) is 1. The van der Waals surface area contributed by atoms with Crippen molar-refractivity contribution >= 4 is 79.7 Å². The first-order valence-corrected chi connectivity index (χ1v) is 8.00. The number of halogens is 7. The summed E-state index contributed by atoms with van der Waals surface area (Å²) in [4.78, 5) is 21.8. The van der Waals surface area contributed by atoms with Crippen LogP contribution in [-0.4, -0.2) is 29.1 Å². The second-order valence-electron chi connectivity index (χ2n) is 3.53. The average Bonchev–Trinajstić information content (AvgIpc) is 2.32. The molecule has 116 valence electrons. The van der Waals surface area contributed by atoms with Crippen LogP contribution in [0.3, 0.4) is 0 Å². The van der Waals surface area contributed by atoms with E-state index in [1.165, 1.54) is 6.07 Å². The molecule has 0 heterocycles. The van der Waals surface area contributed by atoms with Gasteiger partial charge in [-0.3, -0.25) is 0 Å². The van der Waals surface area contributed by atoms with Crippen molar-refractivity contribution in [2.45, 2.75) is 12.0 Å². The Bertz CT molecular complexity index is 606. The van der Waals surface area contributed by atoms with Gasteiger partial charge in [-0.1, -0.05) is 0 Å². The number of carbonyl (C=O) groups excluding carboxylic acids is 1. The first-order chi connectivity index (χ1) is 9.40. The molecule has 0 aliphatic carbocycles. The van der Waals surface area contributed by atoms with Crippen LogP contribution in [0.2, 0.25) is 0 Å². The molecule has 4 nitrogen and oxygen atoms in total. The molecule has 1 aromatic carbocycles. The molecule has 0 unspecified atom stereocenters. The highest BCUT2D eigenvalue weighted by Gasteiger charge is 2.66. The number of rotatable bonds is 4. The molecule has 0 fully saturated rings. The Morgan fingerprint density at radius 3 is 2.10 bits per heavy atom. The van der Waals surface area contributed by atoms with Crippen LogP contribution in [0.25, 0.3) is 0 Å². The minimum atomic E-state index is -5.52. The van der Waals surface area contributed by atoms with E-state index in [2.05, 4.69) is 4.74 Å². The van der Waals surface area contributed by atoms with E-state index >= 15 is 0 Å². The molecule has 11 heteroatoms. The predicted octanol–water partition coefficient (Wildman–Crippen LogP) is 3.97. The van der Waals surface area contributed by atoms with Gasteiger partial charge in [0.2, 0.25) is 0 Å². The molecular formula is C10H3F4I3O4. The summed E-state index contributed by atoms with van der Waals surface area (Å²) in [5, 5.41) is 8.08. The Balaban J connectivity index is 3.15. The lowest BCUT2D eigenvalue weighted by molar-refractivity contribution is -0.313. The molecule has 1 N–H and O–H groups in total. The highest BCUT2D eigenvalue weighted by atomic mass is 127. The van der Waals surface area contributed by atoms with Gasteiger partial charge < -0.3 is 9.84 Å². The molecule has 0 aliphatic heterocycles. The molecule has 21 heavy (non-hydrogen) atoms. The van der Waals surface area contributed by atoms with Gasteiger partial charge in [0.05, 0.1) is 5.56 Å². The molecule has 0 aliphatic rings. The second-order valence-corrected chi connectivity index (χ2v) is 7.02. The molecule has 0 saturated heterocycles. The molecule has 0 spiro atoms. The van der Waals surface area contributed by atoms with Crippen molar-refractivity contribution in [1.82, 2.24) is 0 Å². The van der Waals surface area contributed by atoms with Crippen LogP contribution in [0.15, 0.2) is 12.1 Å². The summed E-state index contributed by atoms with van der Waals surface area (Å²) in [6, 6.07) is 2.80. The fourth-order valence-electron chi connectivity index (χ4n) is 1.06. The quantitative estimate of drug-likeness (QED) is 0.234. The van der Waals surface area contributed by atoms with Crippen LogP contribution < -0.4 is 0 Å². The molecule has 0 radical (unpaired) electrons. The summed E-state index contributed by atoms with van der Waals surface area (Å²) in [7, 11) is 0. The van der Waals surface area contributed by atoms with Crippen molar-refractivity contribution in [1.29, 1.82) is 0 Å². The normalized spacial score (nSPS) is 12.1. The van der Waals surface area contributed by atoms with Crippen molar-refractivity contribution in [3.8, 4) is 0 Å². The molecular weight excluding hydrogens is 641 g/mol. The summed E-state index contributed by atoms with van der Waals surface area (Å²) >= 11 is 5.28. The number of hydrogen-bond acceptors (Lipinski definition) is 3. The predicted molar refractivity (Wildman–Crippen MR) is 87.5 cm³/mol. The van der Waals surface area contributed by atoms with E-state index in [-0.39, 0.29) is 9.13 Å². The second kappa shape index (κ2) is 6.67. The van der Waals surface area contributed by atoms with Crippen molar-refractivity contribution in [2.75, 3.05) is 0 Å². The monoisotopic (exact) mass is 644 g/mol. The van der Waals surface area contributed by atoms with Crippen molar-refractivity contribution in [3.63, 3.8) is 0 Å². The summed E-state index contributed by atoms with van der Waals surface area (Å²) in [5.41, 5.74) is -0.354. The number of esters is 1. The molecule has 0 atom stereocenters. The lowest BCUT2D eigenvalue weighted by atomic mass is 10.2.